The highest BCUT2D eigenvalue weighted by Gasteiger charge is 2.10. The van der Waals surface area contributed by atoms with Crippen LogP contribution >= 0.6 is 12.2 Å². The molecule has 0 aliphatic rings. The van der Waals surface area contributed by atoms with Crippen molar-refractivity contribution in [3.63, 3.8) is 0 Å². The number of anilines is 1. The fourth-order valence-corrected chi connectivity index (χ4v) is 2.67. The second kappa shape index (κ2) is 8.55. The number of hydrogen-bond acceptors (Lipinski definition) is 3. The molecule has 1 unspecified atom stereocenters. The summed E-state index contributed by atoms with van der Waals surface area (Å²) in [5.74, 6) is 1.42. The summed E-state index contributed by atoms with van der Waals surface area (Å²) in [6, 6.07) is 14.2. The van der Waals surface area contributed by atoms with E-state index in [2.05, 4.69) is 48.7 Å². The van der Waals surface area contributed by atoms with E-state index >= 15 is 0 Å². The summed E-state index contributed by atoms with van der Waals surface area (Å²) >= 11 is 5.42. The summed E-state index contributed by atoms with van der Waals surface area (Å²) in [7, 11) is 3.24. The number of benzene rings is 2. The summed E-state index contributed by atoms with van der Waals surface area (Å²) in [4.78, 5) is 0. The highest BCUT2D eigenvalue weighted by atomic mass is 32.1. The van der Waals surface area contributed by atoms with Crippen LogP contribution in [0.5, 0.6) is 11.5 Å². The number of ether oxygens (including phenoxy) is 2. The van der Waals surface area contributed by atoms with Crippen molar-refractivity contribution in [3.8, 4) is 11.5 Å². The maximum absolute atomic E-state index is 5.42. The van der Waals surface area contributed by atoms with Crippen molar-refractivity contribution < 1.29 is 9.47 Å². The number of rotatable bonds is 6. The molecule has 0 aliphatic carbocycles. The van der Waals surface area contributed by atoms with Gasteiger partial charge in [0.15, 0.2) is 5.11 Å². The summed E-state index contributed by atoms with van der Waals surface area (Å²) in [6.45, 7) is 4.23. The van der Waals surface area contributed by atoms with Crippen LogP contribution in [0.3, 0.4) is 0 Å². The van der Waals surface area contributed by atoms with Crippen molar-refractivity contribution in [1.82, 2.24) is 5.32 Å². The Hall–Kier alpha value is -2.27. The van der Waals surface area contributed by atoms with Crippen LogP contribution in [0, 0.1) is 0 Å². The first-order valence-electron chi connectivity index (χ1n) is 7.95. The lowest BCUT2D eigenvalue weighted by Crippen LogP contribution is -2.31. The van der Waals surface area contributed by atoms with Gasteiger partial charge in [0.25, 0.3) is 0 Å². The Morgan fingerprint density at radius 1 is 1.08 bits per heavy atom. The van der Waals surface area contributed by atoms with E-state index in [4.69, 9.17) is 21.7 Å². The molecule has 0 saturated carbocycles. The van der Waals surface area contributed by atoms with Crippen LogP contribution in [0.25, 0.3) is 0 Å². The number of thiocarbonyl (C=S) groups is 1. The Kier molecular flexibility index (Phi) is 6.44. The zero-order valence-corrected chi connectivity index (χ0v) is 15.4. The summed E-state index contributed by atoms with van der Waals surface area (Å²) in [5, 5.41) is 7.02. The van der Waals surface area contributed by atoms with Crippen LogP contribution in [-0.2, 0) is 6.42 Å². The predicted octanol–water partition coefficient (Wildman–Crippen LogP) is 4.31. The van der Waals surface area contributed by atoms with Gasteiger partial charge in [-0.2, -0.15) is 0 Å². The summed E-state index contributed by atoms with van der Waals surface area (Å²) in [5.41, 5.74) is 3.32. The average molecular weight is 344 g/mol. The van der Waals surface area contributed by atoms with E-state index in [1.54, 1.807) is 14.2 Å². The molecule has 24 heavy (non-hydrogen) atoms. The molecule has 2 N–H and O–H groups in total. The van der Waals surface area contributed by atoms with Crippen LogP contribution in [0.4, 0.5) is 5.69 Å². The second-order valence-corrected chi connectivity index (χ2v) is 5.89. The SMILES string of the molecule is CCc1ccc(C(C)NC(=S)Nc2ccc(OC)cc2OC)cc1. The minimum atomic E-state index is 0.111. The molecule has 5 heteroatoms. The van der Waals surface area contributed by atoms with Crippen molar-refractivity contribution >= 4 is 23.0 Å². The molecule has 1 atom stereocenters. The van der Waals surface area contributed by atoms with Gasteiger partial charge >= 0.3 is 0 Å². The Morgan fingerprint density at radius 3 is 2.38 bits per heavy atom. The van der Waals surface area contributed by atoms with Crippen molar-refractivity contribution in [2.45, 2.75) is 26.3 Å². The van der Waals surface area contributed by atoms with Crippen LogP contribution in [-0.4, -0.2) is 19.3 Å². The van der Waals surface area contributed by atoms with E-state index in [0.29, 0.717) is 10.9 Å². The van der Waals surface area contributed by atoms with Crippen LogP contribution in [0.1, 0.15) is 31.0 Å². The van der Waals surface area contributed by atoms with Gasteiger partial charge in [0.2, 0.25) is 0 Å². The first-order valence-corrected chi connectivity index (χ1v) is 8.36. The fourth-order valence-electron chi connectivity index (χ4n) is 2.38. The highest BCUT2D eigenvalue weighted by molar-refractivity contribution is 7.80. The lowest BCUT2D eigenvalue weighted by atomic mass is 10.1. The van der Waals surface area contributed by atoms with E-state index in [0.717, 1.165) is 17.9 Å². The molecule has 0 spiro atoms. The molecule has 0 amide bonds. The van der Waals surface area contributed by atoms with E-state index < -0.39 is 0 Å². The van der Waals surface area contributed by atoms with Gasteiger partial charge in [-0.1, -0.05) is 31.2 Å². The lowest BCUT2D eigenvalue weighted by Gasteiger charge is -2.19. The molecule has 2 rings (SSSR count). The standard InChI is InChI=1S/C19H24N2O2S/c1-5-14-6-8-15(9-7-14)13(2)20-19(24)21-17-11-10-16(22-3)12-18(17)23-4/h6-13H,5H2,1-4H3,(H2,20,21,24). The molecular weight excluding hydrogens is 320 g/mol. The largest absolute Gasteiger partial charge is 0.497 e. The van der Waals surface area contributed by atoms with Crippen LogP contribution in [0.15, 0.2) is 42.5 Å². The Labute approximate surface area is 149 Å². The molecule has 0 radical (unpaired) electrons. The van der Waals surface area contributed by atoms with Crippen molar-refractivity contribution in [1.29, 1.82) is 0 Å². The van der Waals surface area contributed by atoms with Crippen molar-refractivity contribution in [3.05, 3.63) is 53.6 Å². The molecule has 0 aliphatic heterocycles. The fraction of sp³-hybridized carbons (Fsp3) is 0.316. The topological polar surface area (TPSA) is 42.5 Å². The van der Waals surface area contributed by atoms with Gasteiger partial charge < -0.3 is 20.1 Å². The summed E-state index contributed by atoms with van der Waals surface area (Å²) < 4.78 is 10.6. The molecular formula is C19H24N2O2S. The van der Waals surface area contributed by atoms with Crippen molar-refractivity contribution in [2.24, 2.45) is 0 Å². The third-order valence-corrected chi connectivity index (χ3v) is 4.11. The molecule has 0 bridgehead atoms. The van der Waals surface area contributed by atoms with Gasteiger partial charge in [0.05, 0.1) is 25.9 Å². The second-order valence-electron chi connectivity index (χ2n) is 5.48. The minimum Gasteiger partial charge on any atom is -0.497 e. The Bertz CT molecular complexity index is 686. The van der Waals surface area contributed by atoms with Crippen LogP contribution < -0.4 is 20.1 Å². The molecule has 0 aromatic heterocycles. The van der Waals surface area contributed by atoms with Gasteiger partial charge in [0.1, 0.15) is 11.5 Å². The maximum Gasteiger partial charge on any atom is 0.171 e. The third kappa shape index (κ3) is 4.61. The molecule has 0 saturated heterocycles. The molecule has 4 nitrogen and oxygen atoms in total. The zero-order valence-electron chi connectivity index (χ0n) is 14.6. The first-order chi connectivity index (χ1) is 11.6. The van der Waals surface area contributed by atoms with Crippen molar-refractivity contribution in [2.75, 3.05) is 19.5 Å². The molecule has 0 fully saturated rings. The van der Waals surface area contributed by atoms with E-state index in [1.807, 2.05) is 18.2 Å². The van der Waals surface area contributed by atoms with Gasteiger partial charge in [0, 0.05) is 6.07 Å². The Balaban J connectivity index is 2.01. The molecule has 2 aromatic carbocycles. The monoisotopic (exact) mass is 344 g/mol. The average Bonchev–Trinajstić information content (AvgIpc) is 2.61. The lowest BCUT2D eigenvalue weighted by molar-refractivity contribution is 0.395. The minimum absolute atomic E-state index is 0.111. The van der Waals surface area contributed by atoms with Crippen LogP contribution in [0.2, 0.25) is 0 Å². The molecule has 2 aromatic rings. The van der Waals surface area contributed by atoms with E-state index in [1.165, 1.54) is 11.1 Å². The number of methoxy groups -OCH3 is 2. The predicted molar refractivity (Wildman–Crippen MR) is 103 cm³/mol. The normalized spacial score (nSPS) is 11.5. The number of nitrogens with one attached hydrogen (secondary N) is 2. The number of aryl methyl sites for hydroxylation is 1. The van der Waals surface area contributed by atoms with Gasteiger partial charge in [-0.25, -0.2) is 0 Å². The maximum atomic E-state index is 5.42. The van der Waals surface area contributed by atoms with Gasteiger partial charge in [-0.05, 0) is 48.8 Å². The molecule has 128 valence electrons. The zero-order chi connectivity index (χ0) is 17.5. The highest BCUT2D eigenvalue weighted by Crippen LogP contribution is 2.29. The third-order valence-electron chi connectivity index (χ3n) is 3.89. The quantitative estimate of drug-likeness (QED) is 0.764. The van der Waals surface area contributed by atoms with E-state index in [-0.39, 0.29) is 6.04 Å². The van der Waals surface area contributed by atoms with E-state index in [9.17, 15) is 0 Å². The van der Waals surface area contributed by atoms with Gasteiger partial charge in [-0.15, -0.1) is 0 Å². The number of hydrogen-bond donors (Lipinski definition) is 2. The summed E-state index contributed by atoms with van der Waals surface area (Å²) in [6.07, 6.45) is 1.04. The smallest absolute Gasteiger partial charge is 0.171 e. The molecule has 0 heterocycles. The van der Waals surface area contributed by atoms with Gasteiger partial charge in [-0.3, -0.25) is 0 Å². The first kappa shape index (κ1) is 18.1. The Morgan fingerprint density at radius 2 is 1.79 bits per heavy atom.